The molecule has 0 radical (unpaired) electrons. The van der Waals surface area contributed by atoms with E-state index in [1.165, 1.54) is 18.7 Å². The lowest BCUT2D eigenvalue weighted by atomic mass is 9.96. The third kappa shape index (κ3) is 2.94. The van der Waals surface area contributed by atoms with Gasteiger partial charge in [0.05, 0.1) is 5.56 Å². The van der Waals surface area contributed by atoms with Gasteiger partial charge in [0, 0.05) is 44.1 Å². The third-order valence-corrected chi connectivity index (χ3v) is 4.89. The third-order valence-electron chi connectivity index (χ3n) is 4.89. The van der Waals surface area contributed by atoms with Gasteiger partial charge in [-0.2, -0.15) is 5.26 Å². The molecule has 0 unspecified atom stereocenters. The summed E-state index contributed by atoms with van der Waals surface area (Å²) < 4.78 is 2.34. The number of anilines is 1. The minimum Gasteiger partial charge on any atom is -0.355 e. The van der Waals surface area contributed by atoms with Crippen LogP contribution in [0.4, 0.5) is 5.82 Å². The molecule has 1 aliphatic carbocycles. The number of aromatic nitrogens is 3. The van der Waals surface area contributed by atoms with Gasteiger partial charge in [-0.25, -0.2) is 9.97 Å². The summed E-state index contributed by atoms with van der Waals surface area (Å²) in [5.41, 5.74) is 0.662. The van der Waals surface area contributed by atoms with Gasteiger partial charge in [0.15, 0.2) is 0 Å². The lowest BCUT2D eigenvalue weighted by molar-refractivity contribution is 0.461. The Morgan fingerprint density at radius 2 is 2.13 bits per heavy atom. The molecule has 5 heteroatoms. The van der Waals surface area contributed by atoms with E-state index < -0.39 is 0 Å². The van der Waals surface area contributed by atoms with Crippen molar-refractivity contribution in [1.29, 1.82) is 5.26 Å². The Balaban J connectivity index is 1.55. The van der Waals surface area contributed by atoms with E-state index in [9.17, 15) is 5.26 Å². The molecule has 1 atom stereocenters. The quantitative estimate of drug-likeness (QED) is 0.871. The van der Waals surface area contributed by atoms with Crippen molar-refractivity contribution >= 4 is 5.82 Å². The predicted octanol–water partition coefficient (Wildman–Crippen LogP) is 2.94. The van der Waals surface area contributed by atoms with Crippen LogP contribution < -0.4 is 4.90 Å². The molecular weight excluding hydrogens is 286 g/mol. The van der Waals surface area contributed by atoms with Crippen LogP contribution in [0.5, 0.6) is 0 Å². The maximum atomic E-state index is 9.32. The van der Waals surface area contributed by atoms with E-state index in [1.807, 2.05) is 18.3 Å². The van der Waals surface area contributed by atoms with Crippen molar-refractivity contribution in [1.82, 2.24) is 14.5 Å². The normalized spacial score (nSPS) is 21.2. The second-order valence-corrected chi connectivity index (χ2v) is 6.65. The molecule has 4 rings (SSSR count). The number of hydrogen-bond acceptors (Lipinski definition) is 4. The molecule has 2 aliphatic rings. The van der Waals surface area contributed by atoms with Gasteiger partial charge in [-0.05, 0) is 43.7 Å². The molecule has 0 N–H and O–H groups in total. The number of rotatable bonds is 4. The number of imidazole rings is 1. The molecule has 118 valence electrons. The monoisotopic (exact) mass is 307 g/mol. The lowest BCUT2D eigenvalue weighted by Gasteiger charge is -2.33. The molecular formula is C18H21N5. The van der Waals surface area contributed by atoms with Crippen LogP contribution in [0.1, 0.15) is 43.0 Å². The Kier molecular flexibility index (Phi) is 3.74. The van der Waals surface area contributed by atoms with Crippen LogP contribution in [0.2, 0.25) is 0 Å². The molecule has 5 nitrogen and oxygen atoms in total. The first-order chi connectivity index (χ1) is 11.3. The molecule has 0 amide bonds. The summed E-state index contributed by atoms with van der Waals surface area (Å²) >= 11 is 0. The summed E-state index contributed by atoms with van der Waals surface area (Å²) in [5, 5.41) is 9.32. The highest BCUT2D eigenvalue weighted by Gasteiger charge is 2.28. The van der Waals surface area contributed by atoms with Crippen molar-refractivity contribution in [3.8, 4) is 6.07 Å². The average Bonchev–Trinajstić information content (AvgIpc) is 3.30. The van der Waals surface area contributed by atoms with Crippen LogP contribution in [0, 0.1) is 17.2 Å². The molecule has 1 saturated heterocycles. The molecule has 1 saturated carbocycles. The van der Waals surface area contributed by atoms with Gasteiger partial charge in [-0.1, -0.05) is 0 Å². The van der Waals surface area contributed by atoms with E-state index in [0.29, 0.717) is 11.5 Å². The molecule has 2 aromatic rings. The van der Waals surface area contributed by atoms with Crippen LogP contribution in [0.25, 0.3) is 0 Å². The Morgan fingerprint density at radius 1 is 1.22 bits per heavy atom. The summed E-state index contributed by atoms with van der Waals surface area (Å²) in [6.07, 6.45) is 10.8. The van der Waals surface area contributed by atoms with E-state index in [2.05, 4.69) is 31.7 Å². The van der Waals surface area contributed by atoms with Gasteiger partial charge < -0.3 is 9.47 Å². The standard InChI is InChI=1S/C18H21N5/c19-11-15-3-1-7-20-17(15)22-9-2-4-16(13-22)18-21-8-10-23(18)12-14-5-6-14/h1,3,7-8,10,14,16H,2,4-6,9,12-13H2/t16-/m1/s1. The minimum absolute atomic E-state index is 0.422. The second kappa shape index (κ2) is 6.04. The fourth-order valence-electron chi connectivity index (χ4n) is 3.53. The Morgan fingerprint density at radius 3 is 2.96 bits per heavy atom. The fourth-order valence-corrected chi connectivity index (χ4v) is 3.53. The zero-order valence-electron chi connectivity index (χ0n) is 13.2. The first-order valence-corrected chi connectivity index (χ1v) is 8.46. The molecule has 2 fully saturated rings. The molecule has 23 heavy (non-hydrogen) atoms. The topological polar surface area (TPSA) is 57.7 Å². The first-order valence-electron chi connectivity index (χ1n) is 8.46. The highest BCUT2D eigenvalue weighted by atomic mass is 15.2. The van der Waals surface area contributed by atoms with E-state index in [1.54, 1.807) is 6.20 Å². The first kappa shape index (κ1) is 14.3. The summed E-state index contributed by atoms with van der Waals surface area (Å²) in [6.45, 7) is 2.97. The zero-order chi connectivity index (χ0) is 15.6. The molecule has 0 bridgehead atoms. The Hall–Kier alpha value is -2.35. The maximum Gasteiger partial charge on any atom is 0.146 e. The van der Waals surface area contributed by atoms with Crippen LogP contribution in [-0.4, -0.2) is 27.6 Å². The summed E-state index contributed by atoms with van der Waals surface area (Å²) in [5.74, 6) is 3.30. The van der Waals surface area contributed by atoms with Gasteiger partial charge in [0.2, 0.25) is 0 Å². The number of pyridine rings is 1. The lowest BCUT2D eigenvalue weighted by Crippen LogP contribution is -2.36. The van der Waals surface area contributed by atoms with E-state index in [4.69, 9.17) is 0 Å². The molecule has 2 aromatic heterocycles. The van der Waals surface area contributed by atoms with Crippen molar-refractivity contribution in [2.45, 2.75) is 38.1 Å². The minimum atomic E-state index is 0.422. The van der Waals surface area contributed by atoms with E-state index in [0.717, 1.165) is 44.2 Å². The smallest absolute Gasteiger partial charge is 0.146 e. The number of hydrogen-bond donors (Lipinski definition) is 0. The van der Waals surface area contributed by atoms with Gasteiger partial charge in [-0.15, -0.1) is 0 Å². The van der Waals surface area contributed by atoms with Crippen molar-refractivity contribution < 1.29 is 0 Å². The van der Waals surface area contributed by atoms with Gasteiger partial charge in [0.25, 0.3) is 0 Å². The van der Waals surface area contributed by atoms with Crippen LogP contribution in [0.15, 0.2) is 30.7 Å². The van der Waals surface area contributed by atoms with Gasteiger partial charge in [0.1, 0.15) is 17.7 Å². The van der Waals surface area contributed by atoms with Crippen LogP contribution >= 0.6 is 0 Å². The Labute approximate surface area is 136 Å². The molecule has 0 spiro atoms. The summed E-state index contributed by atoms with van der Waals surface area (Å²) in [6, 6.07) is 5.94. The van der Waals surface area contributed by atoms with E-state index in [-0.39, 0.29) is 0 Å². The summed E-state index contributed by atoms with van der Waals surface area (Å²) in [4.78, 5) is 11.3. The van der Waals surface area contributed by atoms with Gasteiger partial charge >= 0.3 is 0 Å². The van der Waals surface area contributed by atoms with Crippen molar-refractivity contribution in [2.75, 3.05) is 18.0 Å². The molecule has 3 heterocycles. The van der Waals surface area contributed by atoms with Crippen molar-refractivity contribution in [3.05, 3.63) is 42.1 Å². The number of piperidine rings is 1. The maximum absolute atomic E-state index is 9.32. The summed E-state index contributed by atoms with van der Waals surface area (Å²) in [7, 11) is 0. The van der Waals surface area contributed by atoms with Crippen LogP contribution in [-0.2, 0) is 6.54 Å². The SMILES string of the molecule is N#Cc1cccnc1N1CCC[C@@H](c2nccn2CC2CC2)C1. The fraction of sp³-hybridized carbons (Fsp3) is 0.500. The average molecular weight is 307 g/mol. The second-order valence-electron chi connectivity index (χ2n) is 6.65. The predicted molar refractivity (Wildman–Crippen MR) is 88.1 cm³/mol. The van der Waals surface area contributed by atoms with Crippen LogP contribution in [0.3, 0.4) is 0 Å². The number of nitrogens with zero attached hydrogens (tertiary/aromatic N) is 5. The van der Waals surface area contributed by atoms with E-state index >= 15 is 0 Å². The largest absolute Gasteiger partial charge is 0.355 e. The molecule has 1 aliphatic heterocycles. The molecule has 0 aromatic carbocycles. The zero-order valence-corrected chi connectivity index (χ0v) is 13.2. The number of nitriles is 1. The Bertz CT molecular complexity index is 725. The van der Waals surface area contributed by atoms with Gasteiger partial charge in [-0.3, -0.25) is 0 Å². The van der Waals surface area contributed by atoms with Crippen molar-refractivity contribution in [3.63, 3.8) is 0 Å². The highest BCUT2D eigenvalue weighted by Crippen LogP contribution is 2.34. The van der Waals surface area contributed by atoms with Crippen molar-refractivity contribution in [2.24, 2.45) is 5.92 Å². The highest BCUT2D eigenvalue weighted by molar-refractivity contribution is 5.53.